The zero-order valence-electron chi connectivity index (χ0n) is 12.0. The highest BCUT2D eigenvalue weighted by Crippen LogP contribution is 2.32. The molecule has 0 aromatic heterocycles. The third-order valence-corrected chi connectivity index (χ3v) is 4.65. The van der Waals surface area contributed by atoms with E-state index in [1.165, 1.54) is 0 Å². The van der Waals surface area contributed by atoms with Crippen LogP contribution < -0.4 is 0 Å². The lowest BCUT2D eigenvalue weighted by molar-refractivity contribution is 0.103. The molecule has 0 spiro atoms. The predicted molar refractivity (Wildman–Crippen MR) is 85.3 cm³/mol. The van der Waals surface area contributed by atoms with Crippen molar-refractivity contribution < 1.29 is 4.79 Å². The monoisotopic (exact) mass is 306 g/mol. The van der Waals surface area contributed by atoms with Crippen molar-refractivity contribution in [2.45, 2.75) is 27.7 Å². The predicted octanol–water partition coefficient (Wildman–Crippen LogP) is 5.46. The Morgan fingerprint density at radius 2 is 1.55 bits per heavy atom. The molecule has 0 bridgehead atoms. The Bertz CT molecular complexity index is 673. The van der Waals surface area contributed by atoms with Crippen molar-refractivity contribution >= 4 is 29.0 Å². The lowest BCUT2D eigenvalue weighted by atomic mass is 9.89. The topological polar surface area (TPSA) is 17.1 Å². The quantitative estimate of drug-likeness (QED) is 0.673. The van der Waals surface area contributed by atoms with Crippen LogP contribution in [-0.2, 0) is 0 Å². The molecule has 0 saturated carbocycles. The standard InChI is InChI=1S/C17H16Cl2O/c1-9-10(2)15(12(4)16(19)11(9)3)17(20)13-6-5-7-14(18)8-13/h5-8H,1-4H3. The molecule has 0 atom stereocenters. The summed E-state index contributed by atoms with van der Waals surface area (Å²) in [5.41, 5.74) is 5.17. The molecule has 0 fully saturated rings. The Morgan fingerprint density at radius 1 is 0.900 bits per heavy atom. The van der Waals surface area contributed by atoms with Gasteiger partial charge in [0.25, 0.3) is 0 Å². The molecule has 3 heteroatoms. The molecular formula is C17H16Cl2O. The second kappa shape index (κ2) is 5.59. The first-order chi connectivity index (χ1) is 9.34. The van der Waals surface area contributed by atoms with Crippen LogP contribution in [0.25, 0.3) is 0 Å². The first kappa shape index (κ1) is 15.1. The van der Waals surface area contributed by atoms with E-state index in [1.54, 1.807) is 24.3 Å². The Kier molecular flexibility index (Phi) is 4.22. The molecule has 0 amide bonds. The van der Waals surface area contributed by atoms with Gasteiger partial charge in [0.1, 0.15) is 0 Å². The average Bonchev–Trinajstić information content (AvgIpc) is 2.43. The molecule has 0 heterocycles. The van der Waals surface area contributed by atoms with Gasteiger partial charge >= 0.3 is 0 Å². The van der Waals surface area contributed by atoms with Crippen molar-refractivity contribution in [3.63, 3.8) is 0 Å². The maximum absolute atomic E-state index is 12.7. The molecule has 2 aromatic carbocycles. The molecule has 20 heavy (non-hydrogen) atoms. The molecule has 0 aliphatic carbocycles. The smallest absolute Gasteiger partial charge is 0.193 e. The van der Waals surface area contributed by atoms with Crippen molar-refractivity contribution in [3.8, 4) is 0 Å². The summed E-state index contributed by atoms with van der Waals surface area (Å²) in [4.78, 5) is 12.7. The summed E-state index contributed by atoms with van der Waals surface area (Å²) in [6.45, 7) is 7.82. The third-order valence-electron chi connectivity index (χ3n) is 3.85. The minimum atomic E-state index is -0.0347. The molecule has 2 rings (SSSR count). The van der Waals surface area contributed by atoms with Crippen LogP contribution in [-0.4, -0.2) is 5.78 Å². The number of hydrogen-bond acceptors (Lipinski definition) is 1. The molecule has 0 aliphatic rings. The second-order valence-corrected chi connectivity index (χ2v) is 5.84. The summed E-state index contributed by atoms with van der Waals surface area (Å²) >= 11 is 12.3. The second-order valence-electron chi connectivity index (χ2n) is 5.03. The molecule has 0 N–H and O–H groups in total. The zero-order valence-corrected chi connectivity index (χ0v) is 13.5. The third kappa shape index (κ3) is 2.48. The van der Waals surface area contributed by atoms with Gasteiger partial charge in [-0.2, -0.15) is 0 Å². The van der Waals surface area contributed by atoms with Gasteiger partial charge in [-0.3, -0.25) is 4.79 Å². The molecule has 2 aromatic rings. The zero-order chi connectivity index (χ0) is 15.0. The Morgan fingerprint density at radius 3 is 2.15 bits per heavy atom. The van der Waals surface area contributed by atoms with Gasteiger partial charge in [0, 0.05) is 21.2 Å². The van der Waals surface area contributed by atoms with Gasteiger partial charge in [-0.25, -0.2) is 0 Å². The number of ketones is 1. The number of benzene rings is 2. The van der Waals surface area contributed by atoms with Gasteiger partial charge < -0.3 is 0 Å². The molecule has 104 valence electrons. The summed E-state index contributed by atoms with van der Waals surface area (Å²) in [7, 11) is 0. The number of carbonyl (C=O) groups excluding carboxylic acids is 1. The Hall–Kier alpha value is -1.31. The van der Waals surface area contributed by atoms with E-state index in [2.05, 4.69) is 0 Å². The van der Waals surface area contributed by atoms with E-state index in [1.807, 2.05) is 27.7 Å². The fourth-order valence-electron chi connectivity index (χ4n) is 2.42. The van der Waals surface area contributed by atoms with Crippen LogP contribution in [0, 0.1) is 27.7 Å². The van der Waals surface area contributed by atoms with Gasteiger partial charge in [0.05, 0.1) is 0 Å². The number of carbonyl (C=O) groups is 1. The van der Waals surface area contributed by atoms with E-state index >= 15 is 0 Å². The lowest BCUT2D eigenvalue weighted by Gasteiger charge is -2.16. The fraction of sp³-hybridized carbons (Fsp3) is 0.235. The summed E-state index contributed by atoms with van der Waals surface area (Å²) in [6, 6.07) is 7.00. The Labute approximate surface area is 129 Å². The van der Waals surface area contributed by atoms with Gasteiger partial charge in [0.2, 0.25) is 0 Å². The van der Waals surface area contributed by atoms with E-state index < -0.39 is 0 Å². The number of halogens is 2. The van der Waals surface area contributed by atoms with Crippen molar-refractivity contribution in [2.75, 3.05) is 0 Å². The van der Waals surface area contributed by atoms with Crippen LogP contribution >= 0.6 is 23.2 Å². The summed E-state index contributed by atoms with van der Waals surface area (Å²) in [5, 5.41) is 1.22. The van der Waals surface area contributed by atoms with Crippen molar-refractivity contribution in [3.05, 3.63) is 67.7 Å². The minimum Gasteiger partial charge on any atom is -0.289 e. The van der Waals surface area contributed by atoms with Crippen molar-refractivity contribution in [1.29, 1.82) is 0 Å². The molecule has 0 aliphatic heterocycles. The number of rotatable bonds is 2. The van der Waals surface area contributed by atoms with Gasteiger partial charge in [0.15, 0.2) is 5.78 Å². The molecule has 0 saturated heterocycles. The lowest BCUT2D eigenvalue weighted by Crippen LogP contribution is -2.09. The number of hydrogen-bond donors (Lipinski definition) is 0. The van der Waals surface area contributed by atoms with Crippen molar-refractivity contribution in [2.24, 2.45) is 0 Å². The van der Waals surface area contributed by atoms with Crippen LogP contribution in [0.3, 0.4) is 0 Å². The first-order valence-corrected chi connectivity index (χ1v) is 7.16. The van der Waals surface area contributed by atoms with Crippen LogP contribution in [0.1, 0.15) is 38.2 Å². The normalized spacial score (nSPS) is 10.7. The average molecular weight is 307 g/mol. The van der Waals surface area contributed by atoms with Crippen LogP contribution in [0.2, 0.25) is 10.0 Å². The highest BCUT2D eigenvalue weighted by Gasteiger charge is 2.20. The van der Waals surface area contributed by atoms with E-state index in [4.69, 9.17) is 23.2 Å². The fourth-order valence-corrected chi connectivity index (χ4v) is 2.85. The van der Waals surface area contributed by atoms with Gasteiger partial charge in [-0.05, 0) is 62.1 Å². The maximum Gasteiger partial charge on any atom is 0.193 e. The molecule has 1 nitrogen and oxygen atoms in total. The SMILES string of the molecule is Cc1c(C)c(Cl)c(C)c(C(=O)c2cccc(Cl)c2)c1C. The Balaban J connectivity index is 2.67. The molecular weight excluding hydrogens is 291 g/mol. The summed E-state index contributed by atoms with van der Waals surface area (Å²) in [6.07, 6.45) is 0. The highest BCUT2D eigenvalue weighted by molar-refractivity contribution is 6.33. The summed E-state index contributed by atoms with van der Waals surface area (Å²) in [5.74, 6) is -0.0347. The van der Waals surface area contributed by atoms with Crippen molar-refractivity contribution in [1.82, 2.24) is 0 Å². The van der Waals surface area contributed by atoms with Gasteiger partial charge in [-0.1, -0.05) is 35.3 Å². The minimum absolute atomic E-state index is 0.0347. The van der Waals surface area contributed by atoms with E-state index in [0.29, 0.717) is 21.2 Å². The van der Waals surface area contributed by atoms with Gasteiger partial charge in [-0.15, -0.1) is 0 Å². The van der Waals surface area contributed by atoms with E-state index in [9.17, 15) is 4.79 Å². The van der Waals surface area contributed by atoms with E-state index in [-0.39, 0.29) is 5.78 Å². The van der Waals surface area contributed by atoms with Crippen LogP contribution in [0.4, 0.5) is 0 Å². The first-order valence-electron chi connectivity index (χ1n) is 6.40. The maximum atomic E-state index is 12.7. The van der Waals surface area contributed by atoms with Crippen LogP contribution in [0.15, 0.2) is 24.3 Å². The van der Waals surface area contributed by atoms with E-state index in [0.717, 1.165) is 22.3 Å². The molecule has 0 radical (unpaired) electrons. The van der Waals surface area contributed by atoms with Crippen LogP contribution in [0.5, 0.6) is 0 Å². The molecule has 0 unspecified atom stereocenters. The summed E-state index contributed by atoms with van der Waals surface area (Å²) < 4.78 is 0. The highest BCUT2D eigenvalue weighted by atomic mass is 35.5. The largest absolute Gasteiger partial charge is 0.289 e.